The van der Waals surface area contributed by atoms with Gasteiger partial charge in [0.2, 0.25) is 0 Å². The van der Waals surface area contributed by atoms with Crippen LogP contribution in [0.5, 0.6) is 0 Å². The van der Waals surface area contributed by atoms with Gasteiger partial charge in [-0.2, -0.15) is 4.98 Å². The molecule has 0 bridgehead atoms. The molecular formula is C19H20N4O3. The third-order valence-electron chi connectivity index (χ3n) is 4.63. The molecule has 0 spiro atoms. The first kappa shape index (κ1) is 16.4. The molecule has 0 saturated heterocycles. The summed E-state index contributed by atoms with van der Waals surface area (Å²) in [4.78, 5) is 29.9. The lowest BCUT2D eigenvalue weighted by Crippen LogP contribution is -2.39. The molecule has 7 nitrogen and oxygen atoms in total. The second-order valence-corrected chi connectivity index (χ2v) is 6.40. The van der Waals surface area contributed by atoms with Crippen molar-refractivity contribution in [3.8, 4) is 11.3 Å². The molecule has 4 rings (SSSR count). The Balaban J connectivity index is 1.94. The highest BCUT2D eigenvalue weighted by molar-refractivity contribution is 5.76. The van der Waals surface area contributed by atoms with Crippen LogP contribution < -0.4 is 11.2 Å². The van der Waals surface area contributed by atoms with Crippen molar-refractivity contribution in [3.63, 3.8) is 0 Å². The lowest BCUT2D eigenvalue weighted by molar-refractivity contribution is 0.550. The monoisotopic (exact) mass is 352 g/mol. The molecule has 0 radical (unpaired) electrons. The highest BCUT2D eigenvalue weighted by Crippen LogP contribution is 2.24. The van der Waals surface area contributed by atoms with Gasteiger partial charge in [-0.15, -0.1) is 0 Å². The van der Waals surface area contributed by atoms with E-state index in [0.717, 1.165) is 24.8 Å². The Morgan fingerprint density at radius 2 is 1.88 bits per heavy atom. The Bertz CT molecular complexity index is 1190. The zero-order chi connectivity index (χ0) is 18.3. The number of rotatable bonds is 5. The van der Waals surface area contributed by atoms with Gasteiger partial charge in [0.05, 0.1) is 6.20 Å². The first-order chi connectivity index (χ1) is 12.6. The topological polar surface area (TPSA) is 74.4 Å². The zero-order valence-electron chi connectivity index (χ0n) is 14.8. The zero-order valence-corrected chi connectivity index (χ0v) is 14.8. The van der Waals surface area contributed by atoms with E-state index in [9.17, 15) is 9.59 Å². The Labute approximate surface area is 149 Å². The average Bonchev–Trinajstić information content (AvgIpc) is 3.21. The van der Waals surface area contributed by atoms with Crippen molar-refractivity contribution in [1.82, 2.24) is 18.5 Å². The second kappa shape index (κ2) is 6.33. The third kappa shape index (κ3) is 2.47. The lowest BCUT2D eigenvalue weighted by Gasteiger charge is -2.07. The average molecular weight is 352 g/mol. The van der Waals surface area contributed by atoms with Gasteiger partial charge in [-0.05, 0) is 6.42 Å². The van der Waals surface area contributed by atoms with Gasteiger partial charge in [0, 0.05) is 19.2 Å². The smallest absolute Gasteiger partial charge is 0.332 e. The Kier molecular flexibility index (Phi) is 3.99. The predicted molar refractivity (Wildman–Crippen MR) is 99.4 cm³/mol. The van der Waals surface area contributed by atoms with Crippen molar-refractivity contribution >= 4 is 17.0 Å². The van der Waals surface area contributed by atoms with Gasteiger partial charge in [-0.1, -0.05) is 50.1 Å². The van der Waals surface area contributed by atoms with Crippen molar-refractivity contribution in [2.45, 2.75) is 32.7 Å². The summed E-state index contributed by atoms with van der Waals surface area (Å²) in [6, 6.07) is 9.63. The van der Waals surface area contributed by atoms with Crippen molar-refractivity contribution in [1.29, 1.82) is 0 Å². The number of aromatic nitrogens is 4. The van der Waals surface area contributed by atoms with Crippen LogP contribution in [0.25, 0.3) is 28.3 Å². The Morgan fingerprint density at radius 1 is 1.12 bits per heavy atom. The highest BCUT2D eigenvalue weighted by atomic mass is 16.4. The minimum atomic E-state index is -0.345. The van der Waals surface area contributed by atoms with Crippen molar-refractivity contribution < 1.29 is 4.42 Å². The number of unbranched alkanes of at least 4 members (excludes halogenated alkanes) is 2. The molecule has 134 valence electrons. The highest BCUT2D eigenvalue weighted by Gasteiger charge is 2.19. The van der Waals surface area contributed by atoms with Crippen LogP contribution in [0.4, 0.5) is 0 Å². The van der Waals surface area contributed by atoms with Crippen LogP contribution >= 0.6 is 0 Å². The summed E-state index contributed by atoms with van der Waals surface area (Å²) in [5, 5.41) is 0. The van der Waals surface area contributed by atoms with E-state index in [0.29, 0.717) is 29.3 Å². The number of nitrogens with zero attached hydrogens (tertiary/aromatic N) is 4. The number of benzene rings is 1. The molecule has 0 saturated carbocycles. The standard InChI is InChI=1S/C19H20N4O3/c1-3-4-8-11-22-17(24)15-16(21(2)19(22)25)20-18-23(15)12-14(26-18)13-9-6-5-7-10-13/h5-7,9-10,12H,3-4,8,11H2,1-2H3. The number of aryl methyl sites for hydroxylation is 1. The van der Waals surface area contributed by atoms with Gasteiger partial charge in [-0.25, -0.2) is 4.79 Å². The maximum Gasteiger partial charge on any atom is 0.332 e. The minimum absolute atomic E-state index is 0.303. The van der Waals surface area contributed by atoms with Gasteiger partial charge in [0.1, 0.15) is 0 Å². The molecule has 0 unspecified atom stereocenters. The van der Waals surface area contributed by atoms with Crippen LogP contribution in [0.15, 0.2) is 50.5 Å². The van der Waals surface area contributed by atoms with E-state index in [1.165, 1.54) is 9.13 Å². The summed E-state index contributed by atoms with van der Waals surface area (Å²) < 4.78 is 10.2. The normalized spacial score (nSPS) is 11.6. The predicted octanol–water partition coefficient (Wildman–Crippen LogP) is 2.80. The molecule has 0 fully saturated rings. The summed E-state index contributed by atoms with van der Waals surface area (Å²) >= 11 is 0. The summed E-state index contributed by atoms with van der Waals surface area (Å²) in [5.74, 6) is 0.929. The van der Waals surface area contributed by atoms with Gasteiger partial charge in [0.25, 0.3) is 5.56 Å². The van der Waals surface area contributed by atoms with E-state index in [4.69, 9.17) is 4.42 Å². The Hall–Kier alpha value is -3.09. The lowest BCUT2D eigenvalue weighted by atomic mass is 10.2. The molecule has 0 aliphatic carbocycles. The molecule has 0 amide bonds. The molecule has 0 N–H and O–H groups in total. The number of imidazole rings is 1. The Morgan fingerprint density at radius 3 is 2.62 bits per heavy atom. The van der Waals surface area contributed by atoms with E-state index in [2.05, 4.69) is 11.9 Å². The first-order valence-electron chi connectivity index (χ1n) is 8.78. The first-order valence-corrected chi connectivity index (χ1v) is 8.78. The van der Waals surface area contributed by atoms with Gasteiger partial charge in [0.15, 0.2) is 16.9 Å². The van der Waals surface area contributed by atoms with E-state index in [-0.39, 0.29) is 11.2 Å². The fourth-order valence-electron chi connectivity index (χ4n) is 3.21. The maximum absolute atomic E-state index is 13.0. The van der Waals surface area contributed by atoms with E-state index in [1.54, 1.807) is 17.6 Å². The number of fused-ring (bicyclic) bond motifs is 3. The fraction of sp³-hybridized carbons (Fsp3) is 0.316. The number of hydrogen-bond acceptors (Lipinski definition) is 4. The summed E-state index contributed by atoms with van der Waals surface area (Å²) in [6.07, 6.45) is 4.54. The largest absolute Gasteiger partial charge is 0.423 e. The quantitative estimate of drug-likeness (QED) is 0.518. The van der Waals surface area contributed by atoms with Crippen LogP contribution in [0, 0.1) is 0 Å². The number of hydrogen-bond donors (Lipinski definition) is 0. The SMILES string of the molecule is CCCCCn1c(=O)c2c(nc3oc(-c4ccccc4)cn32)n(C)c1=O. The molecule has 4 aromatic rings. The summed E-state index contributed by atoms with van der Waals surface area (Å²) in [7, 11) is 1.63. The summed E-state index contributed by atoms with van der Waals surface area (Å²) in [5.41, 5.74) is 0.934. The van der Waals surface area contributed by atoms with Crippen LogP contribution in [-0.4, -0.2) is 18.5 Å². The molecule has 3 aromatic heterocycles. The molecule has 26 heavy (non-hydrogen) atoms. The molecule has 0 atom stereocenters. The molecule has 0 aliphatic rings. The van der Waals surface area contributed by atoms with Crippen LogP contribution in [-0.2, 0) is 13.6 Å². The molecule has 3 heterocycles. The second-order valence-electron chi connectivity index (χ2n) is 6.40. The van der Waals surface area contributed by atoms with Crippen LogP contribution in [0.3, 0.4) is 0 Å². The third-order valence-corrected chi connectivity index (χ3v) is 4.63. The molecule has 0 aliphatic heterocycles. The van der Waals surface area contributed by atoms with E-state index < -0.39 is 0 Å². The van der Waals surface area contributed by atoms with Crippen molar-refractivity contribution in [2.24, 2.45) is 7.05 Å². The van der Waals surface area contributed by atoms with Gasteiger partial charge >= 0.3 is 11.5 Å². The maximum atomic E-state index is 13.0. The van der Waals surface area contributed by atoms with E-state index >= 15 is 0 Å². The van der Waals surface area contributed by atoms with E-state index in [1.807, 2.05) is 30.3 Å². The molecular weight excluding hydrogens is 332 g/mol. The fourth-order valence-corrected chi connectivity index (χ4v) is 3.21. The van der Waals surface area contributed by atoms with Gasteiger partial charge < -0.3 is 4.42 Å². The van der Waals surface area contributed by atoms with Crippen molar-refractivity contribution in [3.05, 3.63) is 57.4 Å². The van der Waals surface area contributed by atoms with Crippen LogP contribution in [0.1, 0.15) is 26.2 Å². The minimum Gasteiger partial charge on any atom is -0.423 e. The van der Waals surface area contributed by atoms with Crippen LogP contribution in [0.2, 0.25) is 0 Å². The van der Waals surface area contributed by atoms with Gasteiger partial charge in [-0.3, -0.25) is 18.3 Å². The number of oxazole rings is 1. The molecule has 1 aromatic carbocycles. The summed E-state index contributed by atoms with van der Waals surface area (Å²) in [6.45, 7) is 2.49. The molecule has 7 heteroatoms. The van der Waals surface area contributed by atoms with Crippen molar-refractivity contribution in [2.75, 3.05) is 0 Å².